The molecule has 128 valence electrons. The Labute approximate surface area is 138 Å². The van der Waals surface area contributed by atoms with Gasteiger partial charge in [0.05, 0.1) is 6.61 Å². The van der Waals surface area contributed by atoms with E-state index in [0.29, 0.717) is 0 Å². The number of carbonyl (C=O) groups is 1. The van der Waals surface area contributed by atoms with E-state index in [9.17, 15) is 14.4 Å². The van der Waals surface area contributed by atoms with E-state index in [1.165, 1.54) is 17.7 Å². The minimum Gasteiger partial charge on any atom is -0.463 e. The van der Waals surface area contributed by atoms with Crippen LogP contribution in [-0.2, 0) is 21.0 Å². The van der Waals surface area contributed by atoms with Crippen LogP contribution in [0, 0.1) is 6.92 Å². The Bertz CT molecular complexity index is 808. The molecule has 0 unspecified atom stereocenters. The third-order valence-corrected chi connectivity index (χ3v) is 3.10. The van der Waals surface area contributed by atoms with Gasteiger partial charge in [-0.25, -0.2) is 4.79 Å². The second kappa shape index (κ2) is 8.11. The molecule has 0 saturated carbocycles. The normalized spacial score (nSPS) is 10.4. The zero-order valence-electron chi connectivity index (χ0n) is 13.5. The van der Waals surface area contributed by atoms with Crippen LogP contribution in [0.2, 0.25) is 0 Å². The number of carbonyl (C=O) groups excluding carboxylic acids is 1. The van der Waals surface area contributed by atoms with E-state index < -0.39 is 17.2 Å². The zero-order chi connectivity index (χ0) is 17.5. The monoisotopic (exact) mass is 333 g/mol. The Balaban J connectivity index is 2.04. The van der Waals surface area contributed by atoms with Crippen molar-refractivity contribution in [1.29, 1.82) is 0 Å². The molecule has 0 spiro atoms. The van der Waals surface area contributed by atoms with Gasteiger partial charge in [0.1, 0.15) is 19.0 Å². The first-order valence-electron chi connectivity index (χ1n) is 7.34. The van der Waals surface area contributed by atoms with Crippen LogP contribution in [0.5, 0.6) is 0 Å². The highest BCUT2D eigenvalue weighted by Crippen LogP contribution is 2.12. The van der Waals surface area contributed by atoms with Crippen molar-refractivity contribution in [3.8, 4) is 0 Å². The summed E-state index contributed by atoms with van der Waals surface area (Å²) in [5.41, 5.74) is 0.952. The highest BCUT2D eigenvalue weighted by molar-refractivity contribution is 5.65. The van der Waals surface area contributed by atoms with E-state index in [0.717, 1.165) is 11.3 Å². The third kappa shape index (κ3) is 5.10. The predicted molar refractivity (Wildman–Crippen MR) is 88.4 cm³/mol. The zero-order valence-corrected chi connectivity index (χ0v) is 13.5. The van der Waals surface area contributed by atoms with Gasteiger partial charge in [-0.05, 0) is 19.1 Å². The lowest BCUT2D eigenvalue weighted by atomic mass is 10.2. The Morgan fingerprint density at radius 2 is 1.92 bits per heavy atom. The van der Waals surface area contributed by atoms with Crippen LogP contribution in [0.4, 0.5) is 11.4 Å². The lowest BCUT2D eigenvalue weighted by Crippen LogP contribution is -2.31. The van der Waals surface area contributed by atoms with Crippen molar-refractivity contribution in [2.24, 2.45) is 0 Å². The number of esters is 1. The van der Waals surface area contributed by atoms with Crippen molar-refractivity contribution in [2.75, 3.05) is 18.5 Å². The number of hydrogen-bond acceptors (Lipinski definition) is 6. The van der Waals surface area contributed by atoms with E-state index in [2.05, 4.69) is 10.3 Å². The number of hydrogen-bond donors (Lipinski definition) is 2. The minimum absolute atomic E-state index is 0.0700. The average Bonchev–Trinajstić information content (AvgIpc) is 2.53. The highest BCUT2D eigenvalue weighted by Gasteiger charge is 2.05. The van der Waals surface area contributed by atoms with Crippen LogP contribution in [0.3, 0.4) is 0 Å². The molecule has 8 heteroatoms. The fourth-order valence-corrected chi connectivity index (χ4v) is 1.89. The average molecular weight is 333 g/mol. The topological polar surface area (TPSA) is 102 Å². The van der Waals surface area contributed by atoms with Gasteiger partial charge in [0.15, 0.2) is 0 Å². The van der Waals surface area contributed by atoms with E-state index in [1.807, 2.05) is 31.2 Å². The first-order valence-corrected chi connectivity index (χ1v) is 7.34. The summed E-state index contributed by atoms with van der Waals surface area (Å²) in [5, 5.41) is 2.96. The summed E-state index contributed by atoms with van der Waals surface area (Å²) < 4.78 is 11.2. The maximum atomic E-state index is 11.9. The molecule has 2 aromatic rings. The van der Waals surface area contributed by atoms with E-state index in [4.69, 9.17) is 9.47 Å². The molecule has 8 nitrogen and oxygen atoms in total. The summed E-state index contributed by atoms with van der Waals surface area (Å²) in [4.78, 5) is 36.5. The van der Waals surface area contributed by atoms with Gasteiger partial charge in [-0.3, -0.25) is 19.1 Å². The van der Waals surface area contributed by atoms with Crippen LogP contribution < -0.4 is 16.6 Å². The molecule has 0 fully saturated rings. The summed E-state index contributed by atoms with van der Waals surface area (Å²) in [6.07, 6.45) is 1.38. The summed E-state index contributed by atoms with van der Waals surface area (Å²) in [7, 11) is 0. The highest BCUT2D eigenvalue weighted by atomic mass is 16.6. The maximum Gasteiger partial charge on any atom is 0.330 e. The number of anilines is 2. The number of rotatable bonds is 7. The van der Waals surface area contributed by atoms with Crippen LogP contribution >= 0.6 is 0 Å². The molecule has 0 aliphatic rings. The van der Waals surface area contributed by atoms with Crippen molar-refractivity contribution in [2.45, 2.75) is 20.6 Å². The molecular formula is C16H19N3O5. The quantitative estimate of drug-likeness (QED) is 0.581. The smallest absolute Gasteiger partial charge is 0.330 e. The molecule has 0 radical (unpaired) electrons. The second-order valence-electron chi connectivity index (χ2n) is 5.14. The van der Waals surface area contributed by atoms with Gasteiger partial charge in [0, 0.05) is 18.8 Å². The fraction of sp³-hybridized carbons (Fsp3) is 0.312. The molecule has 0 aliphatic heterocycles. The number of aryl methyl sites for hydroxylation is 1. The molecule has 2 rings (SSSR count). The lowest BCUT2D eigenvalue weighted by molar-refractivity contribution is -0.142. The first kappa shape index (κ1) is 17.5. The Morgan fingerprint density at radius 1 is 1.21 bits per heavy atom. The van der Waals surface area contributed by atoms with E-state index in [-0.39, 0.29) is 25.6 Å². The van der Waals surface area contributed by atoms with E-state index >= 15 is 0 Å². The molecule has 0 amide bonds. The molecule has 1 aromatic heterocycles. The van der Waals surface area contributed by atoms with E-state index in [1.54, 1.807) is 0 Å². The third-order valence-electron chi connectivity index (χ3n) is 3.10. The number of H-pyrrole nitrogens is 1. The SMILES string of the molecule is CC(=O)OCCOCn1cc(Nc2ccc(C)cc2)c(=O)[nH]c1=O. The number of nitrogens with zero attached hydrogens (tertiary/aromatic N) is 1. The molecule has 1 aromatic carbocycles. The summed E-state index contributed by atoms with van der Waals surface area (Å²) in [5.74, 6) is -0.399. The number of ether oxygens (including phenoxy) is 2. The first-order chi connectivity index (χ1) is 11.5. The van der Waals surface area contributed by atoms with Crippen LogP contribution in [0.25, 0.3) is 0 Å². The molecule has 0 aliphatic carbocycles. The fourth-order valence-electron chi connectivity index (χ4n) is 1.89. The van der Waals surface area contributed by atoms with Crippen LogP contribution in [0.15, 0.2) is 40.1 Å². The summed E-state index contributed by atoms with van der Waals surface area (Å²) in [6, 6.07) is 7.48. The van der Waals surface area contributed by atoms with Crippen molar-refractivity contribution in [3.63, 3.8) is 0 Å². The molecule has 2 N–H and O–H groups in total. The van der Waals surface area contributed by atoms with Crippen LogP contribution in [0.1, 0.15) is 12.5 Å². The summed E-state index contributed by atoms with van der Waals surface area (Å²) >= 11 is 0. The number of benzene rings is 1. The molecule has 1 heterocycles. The number of aromatic amines is 1. The number of nitrogens with one attached hydrogen (secondary N) is 2. The van der Waals surface area contributed by atoms with Gasteiger partial charge < -0.3 is 14.8 Å². The van der Waals surface area contributed by atoms with Gasteiger partial charge in [-0.15, -0.1) is 0 Å². The molecule has 24 heavy (non-hydrogen) atoms. The van der Waals surface area contributed by atoms with Crippen molar-refractivity contribution < 1.29 is 14.3 Å². The van der Waals surface area contributed by atoms with Crippen molar-refractivity contribution >= 4 is 17.3 Å². The lowest BCUT2D eigenvalue weighted by Gasteiger charge is -2.10. The van der Waals surface area contributed by atoms with Crippen molar-refractivity contribution in [3.05, 3.63) is 56.9 Å². The predicted octanol–water partition coefficient (Wildman–Crippen LogP) is 1.13. The molecule has 0 saturated heterocycles. The van der Waals surface area contributed by atoms with Crippen molar-refractivity contribution in [1.82, 2.24) is 9.55 Å². The maximum absolute atomic E-state index is 11.9. The largest absolute Gasteiger partial charge is 0.463 e. The summed E-state index contributed by atoms with van der Waals surface area (Å²) in [6.45, 7) is 3.44. The van der Waals surface area contributed by atoms with Gasteiger partial charge >= 0.3 is 11.7 Å². The van der Waals surface area contributed by atoms with Gasteiger partial charge in [-0.1, -0.05) is 17.7 Å². The van der Waals surface area contributed by atoms with Gasteiger partial charge in [-0.2, -0.15) is 0 Å². The number of aromatic nitrogens is 2. The van der Waals surface area contributed by atoms with Gasteiger partial charge in [0.2, 0.25) is 0 Å². The molecule has 0 atom stereocenters. The molecule has 0 bridgehead atoms. The second-order valence-corrected chi connectivity index (χ2v) is 5.14. The Hall–Kier alpha value is -2.87. The van der Waals surface area contributed by atoms with Crippen LogP contribution in [-0.4, -0.2) is 28.7 Å². The Morgan fingerprint density at radius 3 is 2.58 bits per heavy atom. The Kier molecular flexibility index (Phi) is 5.91. The minimum atomic E-state index is -0.582. The van der Waals surface area contributed by atoms with Gasteiger partial charge in [0.25, 0.3) is 5.56 Å². The standard InChI is InChI=1S/C16H19N3O5/c1-11-3-5-13(6-4-11)17-14-9-19(16(22)18-15(14)21)10-23-7-8-24-12(2)20/h3-6,9,17H,7-8,10H2,1-2H3,(H,18,21,22). The molecular weight excluding hydrogens is 314 g/mol.